The molecule has 3 heterocycles. The van der Waals surface area contributed by atoms with Gasteiger partial charge in [0.2, 0.25) is 5.58 Å². The highest BCUT2D eigenvalue weighted by atomic mass is 79.9. The molecule has 1 amide bonds. The van der Waals surface area contributed by atoms with E-state index in [1.807, 2.05) is 12.1 Å². The number of nitrogens with one attached hydrogen (secondary N) is 2. The monoisotopic (exact) mass is 495 g/mol. The van der Waals surface area contributed by atoms with Gasteiger partial charge in [0.25, 0.3) is 11.5 Å². The van der Waals surface area contributed by atoms with Crippen LogP contribution in [0.15, 0.2) is 68.8 Å². The van der Waals surface area contributed by atoms with E-state index in [0.29, 0.717) is 38.3 Å². The molecule has 8 nitrogen and oxygen atoms in total. The highest BCUT2D eigenvalue weighted by Crippen LogP contribution is 2.32. The van der Waals surface area contributed by atoms with E-state index < -0.39 is 5.56 Å². The summed E-state index contributed by atoms with van der Waals surface area (Å²) in [5.74, 6) is -0.124. The summed E-state index contributed by atoms with van der Waals surface area (Å²) >= 11 is 9.80. The average Bonchev–Trinajstić information content (AvgIpc) is 3.14. The van der Waals surface area contributed by atoms with Crippen LogP contribution in [0.3, 0.4) is 0 Å². The van der Waals surface area contributed by atoms with E-state index in [1.54, 1.807) is 24.3 Å². The zero-order valence-electron chi connectivity index (χ0n) is 15.5. The van der Waals surface area contributed by atoms with Crippen LogP contribution in [0.25, 0.3) is 33.5 Å². The van der Waals surface area contributed by atoms with Crippen LogP contribution >= 0.6 is 27.5 Å². The number of carbonyl (C=O) groups is 1. The predicted octanol–water partition coefficient (Wildman–Crippen LogP) is 4.79. The Balaban J connectivity index is 1.60. The lowest BCUT2D eigenvalue weighted by Crippen LogP contribution is -2.13. The average molecular weight is 497 g/mol. The molecule has 0 aliphatic rings. The highest BCUT2D eigenvalue weighted by Gasteiger charge is 2.17. The predicted molar refractivity (Wildman–Crippen MR) is 120 cm³/mol. The normalized spacial score (nSPS) is 11.2. The fourth-order valence-corrected chi connectivity index (χ4v) is 3.73. The quantitative estimate of drug-likeness (QED) is 0.371. The topological polar surface area (TPSA) is 114 Å². The summed E-state index contributed by atoms with van der Waals surface area (Å²) in [5, 5.41) is 3.81. The van der Waals surface area contributed by atoms with Gasteiger partial charge in [-0.15, -0.1) is 0 Å². The van der Waals surface area contributed by atoms with Gasteiger partial charge in [-0.3, -0.25) is 9.59 Å². The Labute approximate surface area is 187 Å². The fraction of sp³-hybridized carbons (Fsp3) is 0. The zero-order valence-corrected chi connectivity index (χ0v) is 17.9. The summed E-state index contributed by atoms with van der Waals surface area (Å²) in [4.78, 5) is 40.0. The number of nitrogens with zero attached hydrogens (tertiary/aromatic N) is 3. The van der Waals surface area contributed by atoms with Crippen molar-refractivity contribution in [3.8, 4) is 11.4 Å². The zero-order chi connectivity index (χ0) is 21.5. The lowest BCUT2D eigenvalue weighted by atomic mass is 10.1. The van der Waals surface area contributed by atoms with Crippen LogP contribution in [0.5, 0.6) is 0 Å². The third kappa shape index (κ3) is 3.58. The molecule has 0 aliphatic carbocycles. The van der Waals surface area contributed by atoms with Crippen molar-refractivity contribution in [1.29, 1.82) is 0 Å². The third-order valence-electron chi connectivity index (χ3n) is 4.59. The standard InChI is InChI=1S/C21H11BrClN5O3/c22-11-1-4-16-14(5-11)17-18(31-16)21(30)28-19(27-17)13-6-12(2-3-15(13)23)26-20(29)10-7-24-9-25-8-10/h1-9H,(H,26,29)(H,27,28,30). The number of anilines is 1. The summed E-state index contributed by atoms with van der Waals surface area (Å²) in [7, 11) is 0. The van der Waals surface area contributed by atoms with Gasteiger partial charge in [0.15, 0.2) is 0 Å². The van der Waals surface area contributed by atoms with Crippen molar-refractivity contribution in [2.75, 3.05) is 5.32 Å². The molecule has 2 N–H and O–H groups in total. The SMILES string of the molecule is O=C(Nc1ccc(Cl)c(-c2nc3c(oc4ccc(Br)cc43)c(=O)[nH]2)c1)c1cncnc1. The van der Waals surface area contributed by atoms with Crippen LogP contribution in [0, 0.1) is 0 Å². The number of H-pyrrole nitrogens is 1. The van der Waals surface area contributed by atoms with Crippen molar-refractivity contribution in [1.82, 2.24) is 19.9 Å². The van der Waals surface area contributed by atoms with E-state index in [0.717, 1.165) is 4.47 Å². The number of amides is 1. The number of furan rings is 1. The van der Waals surface area contributed by atoms with E-state index in [1.165, 1.54) is 18.7 Å². The number of halogens is 2. The third-order valence-corrected chi connectivity index (χ3v) is 5.41. The largest absolute Gasteiger partial charge is 0.449 e. The van der Waals surface area contributed by atoms with Crippen LogP contribution in [-0.2, 0) is 0 Å². The van der Waals surface area contributed by atoms with Crippen molar-refractivity contribution in [3.05, 3.63) is 80.5 Å². The van der Waals surface area contributed by atoms with E-state index in [-0.39, 0.29) is 17.3 Å². The van der Waals surface area contributed by atoms with Crippen LogP contribution in [0.4, 0.5) is 5.69 Å². The molecule has 0 bridgehead atoms. The summed E-state index contributed by atoms with van der Waals surface area (Å²) in [5.41, 5.74) is 1.89. The molecule has 0 fully saturated rings. The minimum Gasteiger partial charge on any atom is -0.449 e. The van der Waals surface area contributed by atoms with Gasteiger partial charge in [0, 0.05) is 33.5 Å². The minimum absolute atomic E-state index is 0.126. The summed E-state index contributed by atoms with van der Waals surface area (Å²) < 4.78 is 6.49. The Morgan fingerprint density at radius 1 is 1.13 bits per heavy atom. The van der Waals surface area contributed by atoms with Gasteiger partial charge in [-0.25, -0.2) is 15.0 Å². The molecule has 0 spiro atoms. The number of rotatable bonds is 3. The Morgan fingerprint density at radius 3 is 2.74 bits per heavy atom. The lowest BCUT2D eigenvalue weighted by Gasteiger charge is -2.09. The molecule has 3 aromatic heterocycles. The second-order valence-electron chi connectivity index (χ2n) is 6.61. The molecule has 0 saturated carbocycles. The van der Waals surface area contributed by atoms with E-state index in [4.69, 9.17) is 16.0 Å². The first-order valence-electron chi connectivity index (χ1n) is 8.98. The van der Waals surface area contributed by atoms with Gasteiger partial charge in [-0.05, 0) is 36.4 Å². The Kier molecular flexibility index (Phi) is 4.76. The minimum atomic E-state index is -0.431. The van der Waals surface area contributed by atoms with E-state index in [9.17, 15) is 9.59 Å². The maximum atomic E-state index is 12.7. The number of hydrogen-bond acceptors (Lipinski definition) is 6. The summed E-state index contributed by atoms with van der Waals surface area (Å²) in [6.45, 7) is 0. The van der Waals surface area contributed by atoms with Gasteiger partial charge < -0.3 is 14.7 Å². The first-order chi connectivity index (χ1) is 15.0. The van der Waals surface area contributed by atoms with Crippen molar-refractivity contribution >= 4 is 61.2 Å². The van der Waals surface area contributed by atoms with Crippen LogP contribution in [0.2, 0.25) is 5.02 Å². The number of carbonyl (C=O) groups excluding carboxylic acids is 1. The molecule has 0 saturated heterocycles. The molecular formula is C21H11BrClN5O3. The number of benzene rings is 2. The first kappa shape index (κ1) is 19.4. The Morgan fingerprint density at radius 2 is 1.94 bits per heavy atom. The second-order valence-corrected chi connectivity index (χ2v) is 7.93. The van der Waals surface area contributed by atoms with Gasteiger partial charge in [-0.2, -0.15) is 0 Å². The fourth-order valence-electron chi connectivity index (χ4n) is 3.16. The number of fused-ring (bicyclic) bond motifs is 3. The van der Waals surface area contributed by atoms with E-state index in [2.05, 4.69) is 41.2 Å². The van der Waals surface area contributed by atoms with Gasteiger partial charge in [0.05, 0.1) is 10.6 Å². The van der Waals surface area contributed by atoms with Gasteiger partial charge in [-0.1, -0.05) is 27.5 Å². The van der Waals surface area contributed by atoms with Crippen LogP contribution < -0.4 is 10.9 Å². The maximum absolute atomic E-state index is 12.7. The molecule has 5 aromatic rings. The Hall–Kier alpha value is -3.56. The molecule has 0 atom stereocenters. The Bertz CT molecular complexity index is 1530. The number of aromatic amines is 1. The maximum Gasteiger partial charge on any atom is 0.294 e. The van der Waals surface area contributed by atoms with Crippen LogP contribution in [0.1, 0.15) is 10.4 Å². The molecule has 31 heavy (non-hydrogen) atoms. The number of aromatic nitrogens is 4. The van der Waals surface area contributed by atoms with Crippen molar-refractivity contribution in [2.24, 2.45) is 0 Å². The molecular weight excluding hydrogens is 486 g/mol. The second kappa shape index (κ2) is 7.60. The molecule has 0 aliphatic heterocycles. The molecule has 152 valence electrons. The molecule has 0 radical (unpaired) electrons. The van der Waals surface area contributed by atoms with Crippen LogP contribution in [-0.4, -0.2) is 25.8 Å². The first-order valence-corrected chi connectivity index (χ1v) is 10.1. The lowest BCUT2D eigenvalue weighted by molar-refractivity contribution is 0.102. The molecule has 2 aromatic carbocycles. The smallest absolute Gasteiger partial charge is 0.294 e. The van der Waals surface area contributed by atoms with Crippen molar-refractivity contribution < 1.29 is 9.21 Å². The van der Waals surface area contributed by atoms with Gasteiger partial charge in [0.1, 0.15) is 23.3 Å². The van der Waals surface area contributed by atoms with Crippen molar-refractivity contribution in [3.63, 3.8) is 0 Å². The molecule has 10 heteroatoms. The molecule has 0 unspecified atom stereocenters. The van der Waals surface area contributed by atoms with E-state index >= 15 is 0 Å². The summed E-state index contributed by atoms with van der Waals surface area (Å²) in [6.07, 6.45) is 4.16. The summed E-state index contributed by atoms with van der Waals surface area (Å²) in [6, 6.07) is 10.3. The number of hydrogen-bond donors (Lipinski definition) is 2. The van der Waals surface area contributed by atoms with Gasteiger partial charge >= 0.3 is 0 Å². The van der Waals surface area contributed by atoms with Crippen molar-refractivity contribution in [2.45, 2.75) is 0 Å². The molecule has 5 rings (SSSR count). The highest BCUT2D eigenvalue weighted by molar-refractivity contribution is 9.10.